The van der Waals surface area contributed by atoms with Crippen molar-refractivity contribution in [3.63, 3.8) is 0 Å². The van der Waals surface area contributed by atoms with E-state index in [0.29, 0.717) is 23.8 Å². The van der Waals surface area contributed by atoms with Gasteiger partial charge >= 0.3 is 0 Å². The number of aromatic nitrogens is 1. The van der Waals surface area contributed by atoms with Gasteiger partial charge in [-0.1, -0.05) is 37.8 Å². The normalized spacial score (nSPS) is 13.9. The van der Waals surface area contributed by atoms with E-state index in [4.69, 9.17) is 4.74 Å². The number of benzene rings is 1. The van der Waals surface area contributed by atoms with Gasteiger partial charge in [-0.25, -0.2) is 4.98 Å². The Labute approximate surface area is 187 Å². The highest BCUT2D eigenvalue weighted by molar-refractivity contribution is 7.09. The largest absolute Gasteiger partial charge is 0.495 e. The summed E-state index contributed by atoms with van der Waals surface area (Å²) in [7, 11) is 1.54. The topological polar surface area (TPSA) is 76.6 Å². The molecule has 1 aromatic carbocycles. The number of ketones is 2. The number of Topliss-reactive ketones (excluding diaryl/α,β-unsaturated/α-hetero) is 2. The number of nitrogens with zero attached hydrogens (tertiary/aromatic N) is 2. The van der Waals surface area contributed by atoms with Crippen LogP contribution >= 0.6 is 11.3 Å². The van der Waals surface area contributed by atoms with Crippen LogP contribution in [0, 0.1) is 12.8 Å². The summed E-state index contributed by atoms with van der Waals surface area (Å²) in [6.07, 6.45) is 5.43. The fourth-order valence-corrected chi connectivity index (χ4v) is 4.86. The quantitative estimate of drug-likeness (QED) is 0.511. The van der Waals surface area contributed by atoms with Crippen molar-refractivity contribution in [2.45, 2.75) is 58.3 Å². The van der Waals surface area contributed by atoms with Crippen LogP contribution in [0.1, 0.15) is 55.6 Å². The lowest BCUT2D eigenvalue weighted by molar-refractivity contribution is -0.125. The number of carbonyl (C=O) groups is 3. The van der Waals surface area contributed by atoms with E-state index in [2.05, 4.69) is 4.98 Å². The number of carbonyl (C=O) groups excluding carboxylic acids is 3. The summed E-state index contributed by atoms with van der Waals surface area (Å²) in [6, 6.07) is 7.19. The van der Waals surface area contributed by atoms with Crippen LogP contribution in [0.2, 0.25) is 0 Å². The number of rotatable bonds is 11. The van der Waals surface area contributed by atoms with Crippen molar-refractivity contribution in [2.24, 2.45) is 5.92 Å². The van der Waals surface area contributed by atoms with Gasteiger partial charge in [0.15, 0.2) is 5.78 Å². The van der Waals surface area contributed by atoms with Gasteiger partial charge in [0.2, 0.25) is 5.91 Å². The number of amides is 1. The first kappa shape index (κ1) is 23.1. The minimum absolute atomic E-state index is 0.00950. The predicted octanol–water partition coefficient (Wildman–Crippen LogP) is 4.53. The van der Waals surface area contributed by atoms with E-state index < -0.39 is 0 Å². The Bertz CT molecular complexity index is 918. The molecule has 1 amide bonds. The molecule has 1 heterocycles. The van der Waals surface area contributed by atoms with Gasteiger partial charge in [-0.15, -0.1) is 11.3 Å². The summed E-state index contributed by atoms with van der Waals surface area (Å²) in [6.45, 7) is 1.90. The van der Waals surface area contributed by atoms with Gasteiger partial charge in [-0.2, -0.15) is 0 Å². The lowest BCUT2D eigenvalue weighted by Gasteiger charge is -2.24. The zero-order chi connectivity index (χ0) is 22.2. The third kappa shape index (κ3) is 6.72. The van der Waals surface area contributed by atoms with Gasteiger partial charge in [0, 0.05) is 30.3 Å². The summed E-state index contributed by atoms with van der Waals surface area (Å²) in [4.78, 5) is 44.0. The van der Waals surface area contributed by atoms with Crippen molar-refractivity contribution in [1.82, 2.24) is 4.98 Å². The molecule has 0 bridgehead atoms. The number of hydrogen-bond acceptors (Lipinski definition) is 6. The van der Waals surface area contributed by atoms with Crippen LogP contribution in [0.25, 0.3) is 0 Å². The lowest BCUT2D eigenvalue weighted by Crippen LogP contribution is -2.36. The highest BCUT2D eigenvalue weighted by Crippen LogP contribution is 2.30. The van der Waals surface area contributed by atoms with E-state index in [9.17, 15) is 14.4 Å². The molecule has 1 aromatic heterocycles. The maximum absolute atomic E-state index is 13.1. The van der Waals surface area contributed by atoms with Crippen LogP contribution in [0.4, 0.5) is 5.69 Å². The zero-order valence-electron chi connectivity index (χ0n) is 18.3. The molecule has 0 saturated heterocycles. The molecule has 1 saturated carbocycles. The summed E-state index contributed by atoms with van der Waals surface area (Å²) in [5.41, 5.74) is 1.46. The standard InChI is InChI=1S/C24H30N2O4S/c1-17-16-31-23(25-17)14-19(27)11-12-24(29)26(21-9-5-6-10-22(21)30-2)15-20(28)13-18-7-3-4-8-18/h5-6,9-10,16,18H,3-4,7-8,11-15H2,1-2H3. The highest BCUT2D eigenvalue weighted by Gasteiger charge is 2.25. The predicted molar refractivity (Wildman–Crippen MR) is 122 cm³/mol. The molecule has 0 unspecified atom stereocenters. The third-order valence-corrected chi connectivity index (χ3v) is 6.60. The Hall–Kier alpha value is -2.54. The molecule has 0 radical (unpaired) electrons. The van der Waals surface area contributed by atoms with E-state index in [-0.39, 0.29) is 43.3 Å². The number of ether oxygens (including phenoxy) is 1. The average Bonchev–Trinajstić information content (AvgIpc) is 3.41. The van der Waals surface area contributed by atoms with Crippen molar-refractivity contribution in [1.29, 1.82) is 0 Å². The molecule has 0 atom stereocenters. The SMILES string of the molecule is COc1ccccc1N(CC(=O)CC1CCCC1)C(=O)CCC(=O)Cc1nc(C)cs1. The maximum atomic E-state index is 13.1. The summed E-state index contributed by atoms with van der Waals surface area (Å²) in [5, 5.41) is 2.68. The highest BCUT2D eigenvalue weighted by atomic mass is 32.1. The van der Waals surface area contributed by atoms with E-state index in [1.807, 2.05) is 24.4 Å². The van der Waals surface area contributed by atoms with Crippen LogP contribution in [0.15, 0.2) is 29.6 Å². The molecule has 166 valence electrons. The van der Waals surface area contributed by atoms with E-state index in [1.165, 1.54) is 29.1 Å². The van der Waals surface area contributed by atoms with Crippen molar-refractivity contribution >= 4 is 34.5 Å². The minimum atomic E-state index is -0.243. The minimum Gasteiger partial charge on any atom is -0.495 e. The van der Waals surface area contributed by atoms with Gasteiger partial charge in [0.25, 0.3) is 0 Å². The van der Waals surface area contributed by atoms with Gasteiger partial charge in [0.1, 0.15) is 16.5 Å². The Morgan fingerprint density at radius 2 is 1.87 bits per heavy atom. The Morgan fingerprint density at radius 3 is 2.55 bits per heavy atom. The van der Waals surface area contributed by atoms with Gasteiger partial charge < -0.3 is 9.64 Å². The van der Waals surface area contributed by atoms with E-state index in [1.54, 1.807) is 19.2 Å². The second-order valence-electron chi connectivity index (χ2n) is 8.14. The molecule has 7 heteroatoms. The summed E-state index contributed by atoms with van der Waals surface area (Å²) >= 11 is 1.46. The fraction of sp³-hybridized carbons (Fsp3) is 0.500. The Balaban J connectivity index is 1.66. The van der Waals surface area contributed by atoms with Gasteiger partial charge in [-0.3, -0.25) is 14.4 Å². The Morgan fingerprint density at radius 1 is 1.13 bits per heavy atom. The number of para-hydroxylation sites is 2. The third-order valence-electron chi connectivity index (χ3n) is 5.64. The summed E-state index contributed by atoms with van der Waals surface area (Å²) < 4.78 is 5.42. The van der Waals surface area contributed by atoms with E-state index in [0.717, 1.165) is 23.5 Å². The van der Waals surface area contributed by atoms with E-state index >= 15 is 0 Å². The first-order chi connectivity index (χ1) is 15.0. The molecule has 0 spiro atoms. The smallest absolute Gasteiger partial charge is 0.227 e. The van der Waals surface area contributed by atoms with Crippen LogP contribution in [-0.2, 0) is 20.8 Å². The Kier molecular flexibility index (Phi) is 8.35. The first-order valence-electron chi connectivity index (χ1n) is 10.8. The lowest BCUT2D eigenvalue weighted by atomic mass is 10.0. The number of methoxy groups -OCH3 is 1. The van der Waals surface area contributed by atoms with Crippen LogP contribution in [0.5, 0.6) is 5.75 Å². The molecule has 1 aliphatic carbocycles. The van der Waals surface area contributed by atoms with Gasteiger partial charge in [0.05, 0.1) is 25.8 Å². The first-order valence-corrected chi connectivity index (χ1v) is 11.7. The van der Waals surface area contributed by atoms with Crippen LogP contribution < -0.4 is 9.64 Å². The number of aryl methyl sites for hydroxylation is 1. The van der Waals surface area contributed by atoms with Crippen molar-refractivity contribution < 1.29 is 19.1 Å². The molecule has 1 fully saturated rings. The second kappa shape index (κ2) is 11.2. The van der Waals surface area contributed by atoms with Crippen molar-refractivity contribution in [3.8, 4) is 5.75 Å². The van der Waals surface area contributed by atoms with Gasteiger partial charge in [-0.05, 0) is 25.0 Å². The molecular formula is C24H30N2O4S. The van der Waals surface area contributed by atoms with Crippen molar-refractivity contribution in [2.75, 3.05) is 18.6 Å². The van der Waals surface area contributed by atoms with Crippen LogP contribution in [0.3, 0.4) is 0 Å². The molecule has 0 aliphatic heterocycles. The van der Waals surface area contributed by atoms with Crippen LogP contribution in [-0.4, -0.2) is 36.1 Å². The maximum Gasteiger partial charge on any atom is 0.227 e. The zero-order valence-corrected chi connectivity index (χ0v) is 19.1. The molecule has 3 rings (SSSR count). The van der Waals surface area contributed by atoms with Crippen molar-refractivity contribution in [3.05, 3.63) is 40.3 Å². The number of hydrogen-bond donors (Lipinski definition) is 0. The molecule has 2 aromatic rings. The monoisotopic (exact) mass is 442 g/mol. The molecular weight excluding hydrogens is 412 g/mol. The number of thiazole rings is 1. The molecule has 0 N–H and O–H groups in total. The molecule has 31 heavy (non-hydrogen) atoms. The summed E-state index contributed by atoms with van der Waals surface area (Å²) in [5.74, 6) is 0.739. The fourth-order valence-electron chi connectivity index (χ4n) is 4.06. The average molecular weight is 443 g/mol. The number of anilines is 1. The second-order valence-corrected chi connectivity index (χ2v) is 9.09. The molecule has 1 aliphatic rings. The molecule has 6 nitrogen and oxygen atoms in total.